The Morgan fingerprint density at radius 2 is 1.77 bits per heavy atom. The first-order valence-corrected chi connectivity index (χ1v) is 8.16. The number of amides is 1. The van der Waals surface area contributed by atoms with Gasteiger partial charge in [-0.25, -0.2) is 0 Å². The topological polar surface area (TPSA) is 38.3 Å². The van der Waals surface area contributed by atoms with Crippen LogP contribution in [0, 0.1) is 0 Å². The molecule has 0 radical (unpaired) electrons. The molecule has 22 heavy (non-hydrogen) atoms. The lowest BCUT2D eigenvalue weighted by atomic mass is 9.99. The van der Waals surface area contributed by atoms with Gasteiger partial charge in [0, 0.05) is 10.2 Å². The SMILES string of the molecule is CC[C@@H](C)c1ccc(OCC(=O)Nc2ccc(Br)cc2)cc1. The van der Waals surface area contributed by atoms with E-state index in [2.05, 4.69) is 47.2 Å². The van der Waals surface area contributed by atoms with Gasteiger partial charge < -0.3 is 10.1 Å². The van der Waals surface area contributed by atoms with Crippen molar-refractivity contribution in [1.82, 2.24) is 0 Å². The number of halogens is 1. The molecule has 2 aromatic rings. The molecule has 0 saturated carbocycles. The molecule has 1 N–H and O–H groups in total. The third kappa shape index (κ3) is 4.88. The Balaban J connectivity index is 1.84. The molecule has 0 aliphatic carbocycles. The van der Waals surface area contributed by atoms with Gasteiger partial charge in [0.05, 0.1) is 0 Å². The van der Waals surface area contributed by atoms with Gasteiger partial charge in [-0.3, -0.25) is 4.79 Å². The molecule has 3 nitrogen and oxygen atoms in total. The minimum Gasteiger partial charge on any atom is -0.484 e. The van der Waals surface area contributed by atoms with Crippen LogP contribution in [0.3, 0.4) is 0 Å². The molecule has 0 aliphatic rings. The molecule has 1 atom stereocenters. The van der Waals surface area contributed by atoms with Gasteiger partial charge in [-0.1, -0.05) is 41.9 Å². The molecule has 0 fully saturated rings. The van der Waals surface area contributed by atoms with Crippen LogP contribution in [0.25, 0.3) is 0 Å². The number of nitrogens with one attached hydrogen (secondary N) is 1. The van der Waals surface area contributed by atoms with Crippen molar-refractivity contribution in [1.29, 1.82) is 0 Å². The maximum absolute atomic E-state index is 11.8. The molecule has 2 rings (SSSR count). The van der Waals surface area contributed by atoms with Crippen LogP contribution < -0.4 is 10.1 Å². The molecule has 0 heterocycles. The molecular weight excluding hydrogens is 342 g/mol. The van der Waals surface area contributed by atoms with Gasteiger partial charge in [0.25, 0.3) is 5.91 Å². The van der Waals surface area contributed by atoms with Crippen molar-refractivity contribution < 1.29 is 9.53 Å². The van der Waals surface area contributed by atoms with Crippen molar-refractivity contribution in [3.05, 3.63) is 58.6 Å². The second-order valence-corrected chi connectivity index (χ2v) is 6.14. The average molecular weight is 362 g/mol. The van der Waals surface area contributed by atoms with E-state index in [0.717, 1.165) is 16.6 Å². The first-order valence-electron chi connectivity index (χ1n) is 7.36. The molecule has 0 bridgehead atoms. The first-order chi connectivity index (χ1) is 10.6. The molecule has 0 aliphatic heterocycles. The Kier molecular flexibility index (Phi) is 6.01. The summed E-state index contributed by atoms with van der Waals surface area (Å²) in [5.74, 6) is 1.07. The standard InChI is InChI=1S/C18H20BrNO2/c1-3-13(2)14-4-10-17(11-5-14)22-12-18(21)20-16-8-6-15(19)7-9-16/h4-11,13H,3,12H2,1-2H3,(H,20,21)/t13-/m1/s1. The summed E-state index contributed by atoms with van der Waals surface area (Å²) in [6, 6.07) is 15.4. The van der Waals surface area contributed by atoms with E-state index >= 15 is 0 Å². The van der Waals surface area contributed by atoms with Crippen molar-refractivity contribution in [2.24, 2.45) is 0 Å². The summed E-state index contributed by atoms with van der Waals surface area (Å²) in [4.78, 5) is 11.8. The lowest BCUT2D eigenvalue weighted by Crippen LogP contribution is -2.20. The fraction of sp³-hybridized carbons (Fsp3) is 0.278. The molecule has 0 saturated heterocycles. The predicted octanol–water partition coefficient (Wildman–Crippen LogP) is 4.98. The number of hydrogen-bond donors (Lipinski definition) is 1. The number of ether oxygens (including phenoxy) is 1. The quantitative estimate of drug-likeness (QED) is 0.787. The lowest BCUT2D eigenvalue weighted by molar-refractivity contribution is -0.118. The van der Waals surface area contributed by atoms with Crippen molar-refractivity contribution >= 4 is 27.5 Å². The van der Waals surface area contributed by atoms with Gasteiger partial charge in [-0.05, 0) is 54.3 Å². The summed E-state index contributed by atoms with van der Waals surface area (Å²) in [6.45, 7) is 4.36. The summed E-state index contributed by atoms with van der Waals surface area (Å²) in [7, 11) is 0. The normalized spacial score (nSPS) is 11.8. The number of rotatable bonds is 6. The lowest BCUT2D eigenvalue weighted by Gasteiger charge is -2.11. The van der Waals surface area contributed by atoms with E-state index in [1.54, 1.807) is 0 Å². The maximum atomic E-state index is 11.8. The van der Waals surface area contributed by atoms with E-state index in [9.17, 15) is 4.79 Å². The number of benzene rings is 2. The van der Waals surface area contributed by atoms with Crippen LogP contribution in [0.1, 0.15) is 31.7 Å². The summed E-state index contributed by atoms with van der Waals surface area (Å²) < 4.78 is 6.49. The molecular formula is C18H20BrNO2. The Hall–Kier alpha value is -1.81. The highest BCUT2D eigenvalue weighted by Gasteiger charge is 2.05. The minimum atomic E-state index is -0.173. The molecule has 0 aromatic heterocycles. The van der Waals surface area contributed by atoms with Gasteiger partial charge in [0.15, 0.2) is 6.61 Å². The number of carbonyl (C=O) groups excluding carboxylic acids is 1. The molecule has 4 heteroatoms. The molecule has 1 amide bonds. The molecule has 2 aromatic carbocycles. The number of carbonyl (C=O) groups is 1. The van der Waals surface area contributed by atoms with Crippen LogP contribution in [-0.4, -0.2) is 12.5 Å². The van der Waals surface area contributed by atoms with E-state index in [0.29, 0.717) is 11.7 Å². The van der Waals surface area contributed by atoms with E-state index in [-0.39, 0.29) is 12.5 Å². The van der Waals surface area contributed by atoms with Crippen LogP contribution in [0.2, 0.25) is 0 Å². The van der Waals surface area contributed by atoms with Crippen LogP contribution in [0.4, 0.5) is 5.69 Å². The zero-order valence-electron chi connectivity index (χ0n) is 12.8. The summed E-state index contributed by atoms with van der Waals surface area (Å²) in [5.41, 5.74) is 2.04. The third-order valence-electron chi connectivity index (χ3n) is 3.56. The number of anilines is 1. The van der Waals surface area contributed by atoms with Crippen molar-refractivity contribution in [2.45, 2.75) is 26.2 Å². The Morgan fingerprint density at radius 1 is 1.14 bits per heavy atom. The Morgan fingerprint density at radius 3 is 2.36 bits per heavy atom. The van der Waals surface area contributed by atoms with E-state index in [1.165, 1.54) is 5.56 Å². The maximum Gasteiger partial charge on any atom is 0.262 e. The van der Waals surface area contributed by atoms with Gasteiger partial charge in [0.2, 0.25) is 0 Å². The van der Waals surface area contributed by atoms with Crippen molar-refractivity contribution in [2.75, 3.05) is 11.9 Å². The zero-order chi connectivity index (χ0) is 15.9. The van der Waals surface area contributed by atoms with E-state index in [4.69, 9.17) is 4.74 Å². The highest BCUT2D eigenvalue weighted by atomic mass is 79.9. The fourth-order valence-corrected chi connectivity index (χ4v) is 2.27. The van der Waals surface area contributed by atoms with Crippen molar-refractivity contribution in [3.8, 4) is 5.75 Å². The van der Waals surface area contributed by atoms with E-state index < -0.39 is 0 Å². The second-order valence-electron chi connectivity index (χ2n) is 5.22. The molecule has 0 unspecified atom stereocenters. The average Bonchev–Trinajstić information content (AvgIpc) is 2.55. The van der Waals surface area contributed by atoms with Gasteiger partial charge in [0.1, 0.15) is 5.75 Å². The highest BCUT2D eigenvalue weighted by Crippen LogP contribution is 2.21. The fourth-order valence-electron chi connectivity index (χ4n) is 2.01. The van der Waals surface area contributed by atoms with Gasteiger partial charge in [-0.2, -0.15) is 0 Å². The summed E-state index contributed by atoms with van der Waals surface area (Å²) >= 11 is 3.36. The number of hydrogen-bond acceptors (Lipinski definition) is 2. The summed E-state index contributed by atoms with van der Waals surface area (Å²) in [5, 5.41) is 2.79. The largest absolute Gasteiger partial charge is 0.484 e. The molecule has 0 spiro atoms. The Bertz CT molecular complexity index is 608. The van der Waals surface area contributed by atoms with Crippen LogP contribution in [0.15, 0.2) is 53.0 Å². The smallest absolute Gasteiger partial charge is 0.262 e. The first kappa shape index (κ1) is 16.6. The monoisotopic (exact) mass is 361 g/mol. The van der Waals surface area contributed by atoms with Crippen molar-refractivity contribution in [3.63, 3.8) is 0 Å². The van der Waals surface area contributed by atoms with Crippen LogP contribution >= 0.6 is 15.9 Å². The van der Waals surface area contributed by atoms with Crippen LogP contribution in [0.5, 0.6) is 5.75 Å². The van der Waals surface area contributed by atoms with E-state index in [1.807, 2.05) is 36.4 Å². The Labute approximate surface area is 139 Å². The zero-order valence-corrected chi connectivity index (χ0v) is 14.4. The van der Waals surface area contributed by atoms with Crippen LogP contribution in [-0.2, 0) is 4.79 Å². The van der Waals surface area contributed by atoms with Gasteiger partial charge >= 0.3 is 0 Å². The highest BCUT2D eigenvalue weighted by molar-refractivity contribution is 9.10. The van der Waals surface area contributed by atoms with Gasteiger partial charge in [-0.15, -0.1) is 0 Å². The molecule has 116 valence electrons. The predicted molar refractivity (Wildman–Crippen MR) is 93.4 cm³/mol. The third-order valence-corrected chi connectivity index (χ3v) is 4.09. The summed E-state index contributed by atoms with van der Waals surface area (Å²) in [6.07, 6.45) is 1.11. The minimum absolute atomic E-state index is 0.00125. The second kappa shape index (κ2) is 7.99.